The van der Waals surface area contributed by atoms with Gasteiger partial charge in [0, 0.05) is 89.4 Å². The second-order valence-electron chi connectivity index (χ2n) is 14.7. The molecular formula is C35H49NO11. The van der Waals surface area contributed by atoms with Crippen LogP contribution in [0.4, 0.5) is 0 Å². The lowest BCUT2D eigenvalue weighted by Crippen LogP contribution is -2.79. The summed E-state index contributed by atoms with van der Waals surface area (Å²) in [5, 5.41) is 24.8. The van der Waals surface area contributed by atoms with Gasteiger partial charge in [0.05, 0.1) is 43.7 Å². The number of ether oxygens (including phenoxy) is 7. The number of fused-ring (bicyclic) bond motifs is 2. The molecule has 47 heavy (non-hydrogen) atoms. The summed E-state index contributed by atoms with van der Waals surface area (Å²) in [6.07, 6.45) is -2.70. The number of nitrogens with zero attached hydrogens (tertiary/aromatic N) is 1. The summed E-state index contributed by atoms with van der Waals surface area (Å²) in [5.41, 5.74) is -3.89. The molecule has 1 aromatic rings. The van der Waals surface area contributed by atoms with E-state index >= 15 is 0 Å². The van der Waals surface area contributed by atoms with Gasteiger partial charge in [-0.05, 0) is 43.1 Å². The lowest BCUT2D eigenvalue weighted by molar-refractivity contribution is -0.300. The fourth-order valence-corrected chi connectivity index (χ4v) is 12.4. The Morgan fingerprint density at radius 2 is 1.68 bits per heavy atom. The molecule has 1 unspecified atom stereocenters. The van der Waals surface area contributed by atoms with Crippen LogP contribution in [0.15, 0.2) is 24.3 Å². The van der Waals surface area contributed by atoms with Crippen molar-refractivity contribution in [3.05, 3.63) is 29.8 Å². The number of likely N-dealkylation sites (tertiary alicyclic amines) is 1. The van der Waals surface area contributed by atoms with E-state index in [1.165, 1.54) is 14.0 Å². The van der Waals surface area contributed by atoms with Crippen LogP contribution in [0.25, 0.3) is 0 Å². The molecular weight excluding hydrogens is 610 g/mol. The van der Waals surface area contributed by atoms with E-state index in [0.717, 1.165) is 0 Å². The molecule has 1 aromatic carbocycles. The van der Waals surface area contributed by atoms with E-state index in [1.54, 1.807) is 52.7 Å². The number of aliphatic hydroxyl groups excluding tert-OH is 1. The normalized spacial score (nSPS) is 47.4. The molecule has 0 aromatic heterocycles. The number of carbonyl (C=O) groups excluding carboxylic acids is 2. The van der Waals surface area contributed by atoms with Crippen LogP contribution < -0.4 is 4.74 Å². The second kappa shape index (κ2) is 11.4. The molecule has 2 N–H and O–H groups in total. The summed E-state index contributed by atoms with van der Waals surface area (Å²) in [6.45, 7) is 5.04. The second-order valence-corrected chi connectivity index (χ2v) is 14.7. The van der Waals surface area contributed by atoms with E-state index < -0.39 is 76.3 Å². The number of piperidine rings is 1. The van der Waals surface area contributed by atoms with Crippen LogP contribution in [-0.4, -0.2) is 130 Å². The van der Waals surface area contributed by atoms with Crippen molar-refractivity contribution >= 4 is 11.9 Å². The summed E-state index contributed by atoms with van der Waals surface area (Å²) >= 11 is 0. The molecule has 0 radical (unpaired) electrons. The Morgan fingerprint density at radius 1 is 0.979 bits per heavy atom. The van der Waals surface area contributed by atoms with Gasteiger partial charge in [-0.2, -0.15) is 0 Å². The highest BCUT2D eigenvalue weighted by Crippen LogP contribution is 2.80. The molecule has 7 bridgehead atoms. The van der Waals surface area contributed by atoms with Crippen LogP contribution in [-0.2, 0) is 33.2 Å². The number of aliphatic hydroxyl groups is 2. The van der Waals surface area contributed by atoms with E-state index in [2.05, 4.69) is 11.8 Å². The fourth-order valence-electron chi connectivity index (χ4n) is 12.4. The Labute approximate surface area is 275 Å². The van der Waals surface area contributed by atoms with E-state index in [-0.39, 0.29) is 30.7 Å². The summed E-state index contributed by atoms with van der Waals surface area (Å²) in [4.78, 5) is 29.5. The third-order valence-electron chi connectivity index (χ3n) is 13.4. The lowest BCUT2D eigenvalue weighted by Gasteiger charge is -2.70. The van der Waals surface area contributed by atoms with Crippen LogP contribution in [0.1, 0.15) is 43.5 Å². The third kappa shape index (κ3) is 4.00. The number of esters is 2. The summed E-state index contributed by atoms with van der Waals surface area (Å²) < 4.78 is 43.2. The molecule has 12 nitrogen and oxygen atoms in total. The zero-order valence-electron chi connectivity index (χ0n) is 28.3. The van der Waals surface area contributed by atoms with Gasteiger partial charge in [0.25, 0.3) is 0 Å². The minimum absolute atomic E-state index is 0.179. The summed E-state index contributed by atoms with van der Waals surface area (Å²) in [5.74, 6) is -2.10. The first-order chi connectivity index (χ1) is 22.5. The first kappa shape index (κ1) is 33.2. The van der Waals surface area contributed by atoms with Crippen molar-refractivity contribution in [1.29, 1.82) is 0 Å². The van der Waals surface area contributed by atoms with Gasteiger partial charge < -0.3 is 43.4 Å². The SMILES string of the molecule is CCN1C[C@]2(COC)[C@H](O)CC(OC)[C@@]34[C@@H]5C[C@@]6(O)[C@@H](OC)C[C@@](OC(C)=O)([C@H]5[C@H]6OC(=O)c5ccc(OC)cc5)[C@@H]([C@H](OC)[C@H]23)[C@@H]14. The largest absolute Gasteiger partial charge is 0.497 e. The number of rotatable bonds is 10. The minimum atomic E-state index is -1.58. The highest BCUT2D eigenvalue weighted by atomic mass is 16.6. The predicted molar refractivity (Wildman–Crippen MR) is 166 cm³/mol. The van der Waals surface area contributed by atoms with Gasteiger partial charge in [0.2, 0.25) is 0 Å². The summed E-state index contributed by atoms with van der Waals surface area (Å²) in [7, 11) is 8.11. The van der Waals surface area contributed by atoms with Crippen molar-refractivity contribution in [1.82, 2.24) is 4.90 Å². The van der Waals surface area contributed by atoms with Crippen molar-refractivity contribution < 1.29 is 53.0 Å². The summed E-state index contributed by atoms with van der Waals surface area (Å²) in [6, 6.07) is 6.44. The molecule has 7 rings (SSSR count). The molecule has 1 spiro atoms. The van der Waals surface area contributed by atoms with Gasteiger partial charge in [-0.15, -0.1) is 0 Å². The third-order valence-corrected chi connectivity index (χ3v) is 13.4. The molecule has 12 heteroatoms. The van der Waals surface area contributed by atoms with E-state index in [1.807, 2.05) is 0 Å². The topological polar surface area (TPSA) is 142 Å². The lowest BCUT2D eigenvalue weighted by atomic mass is 9.42. The maximum Gasteiger partial charge on any atom is 0.338 e. The standard InChI is InChI=1S/C35H49NO11/c1-8-36-16-32(17-41-3)22(38)13-23(43-5)35-21-14-33(40)24(44-6)15-34(47-18(2)37,26(29(35)36)27(45-7)28(32)35)25(21)30(33)46-31(39)19-9-11-20(42-4)12-10-19/h9-12,21-30,38,40H,8,13-17H2,1-7H3/t21-,22-,23?,24+,25-,26+,27+,28-,29-,30-,32+,33-,34-,35+/m1/s1. The maximum absolute atomic E-state index is 13.9. The van der Waals surface area contributed by atoms with Gasteiger partial charge in [-0.1, -0.05) is 6.92 Å². The molecule has 6 fully saturated rings. The molecule has 1 aliphatic heterocycles. The quantitative estimate of drug-likeness (QED) is 0.353. The predicted octanol–water partition coefficient (Wildman–Crippen LogP) is 1.69. The maximum atomic E-state index is 13.9. The molecule has 14 atom stereocenters. The van der Waals surface area contributed by atoms with Crippen molar-refractivity contribution in [2.75, 3.05) is 55.2 Å². The number of methoxy groups -OCH3 is 5. The average Bonchev–Trinajstić information content (AvgIpc) is 3.43. The van der Waals surface area contributed by atoms with Crippen LogP contribution in [0.5, 0.6) is 5.75 Å². The first-order valence-electron chi connectivity index (χ1n) is 16.7. The van der Waals surface area contributed by atoms with E-state index in [9.17, 15) is 19.8 Å². The Balaban J connectivity index is 1.47. The van der Waals surface area contributed by atoms with Crippen molar-refractivity contribution in [3.8, 4) is 5.75 Å². The van der Waals surface area contributed by atoms with Gasteiger partial charge in [0.1, 0.15) is 23.1 Å². The van der Waals surface area contributed by atoms with E-state index in [4.69, 9.17) is 33.2 Å². The molecule has 1 heterocycles. The molecule has 0 amide bonds. The number of hydrogen-bond donors (Lipinski definition) is 2. The average molecular weight is 660 g/mol. The number of carbonyl (C=O) groups is 2. The van der Waals surface area contributed by atoms with Gasteiger partial charge in [0.15, 0.2) is 0 Å². The Morgan fingerprint density at radius 3 is 2.26 bits per heavy atom. The fraction of sp³-hybridized carbons (Fsp3) is 0.771. The molecule has 260 valence electrons. The zero-order valence-corrected chi connectivity index (χ0v) is 28.3. The van der Waals surface area contributed by atoms with Crippen LogP contribution in [0, 0.1) is 34.5 Å². The van der Waals surface area contributed by atoms with Crippen LogP contribution in [0.2, 0.25) is 0 Å². The van der Waals surface area contributed by atoms with Gasteiger partial charge in [-0.25, -0.2) is 4.79 Å². The van der Waals surface area contributed by atoms with Crippen LogP contribution in [0.3, 0.4) is 0 Å². The van der Waals surface area contributed by atoms with E-state index in [0.29, 0.717) is 37.4 Å². The Bertz CT molecular complexity index is 1390. The van der Waals surface area contributed by atoms with Gasteiger partial charge >= 0.3 is 11.9 Å². The first-order valence-corrected chi connectivity index (χ1v) is 16.7. The van der Waals surface area contributed by atoms with Crippen LogP contribution >= 0.6 is 0 Å². The zero-order chi connectivity index (χ0) is 33.7. The minimum Gasteiger partial charge on any atom is -0.497 e. The molecule has 6 aliphatic rings. The Hall–Kier alpha value is -2.32. The smallest absolute Gasteiger partial charge is 0.338 e. The molecule has 5 aliphatic carbocycles. The number of hydrogen-bond acceptors (Lipinski definition) is 12. The molecule has 1 saturated heterocycles. The van der Waals surface area contributed by atoms with Crippen molar-refractivity contribution in [2.45, 2.75) is 80.9 Å². The Kier molecular flexibility index (Phi) is 8.02. The monoisotopic (exact) mass is 659 g/mol. The van der Waals surface area contributed by atoms with Crippen molar-refractivity contribution in [2.24, 2.45) is 34.5 Å². The van der Waals surface area contributed by atoms with Gasteiger partial charge in [-0.3, -0.25) is 9.69 Å². The highest BCUT2D eigenvalue weighted by molar-refractivity contribution is 5.89. The highest BCUT2D eigenvalue weighted by Gasteiger charge is 2.90. The number of benzene rings is 1. The molecule has 5 saturated carbocycles. The van der Waals surface area contributed by atoms with Crippen molar-refractivity contribution in [3.63, 3.8) is 0 Å².